The Labute approximate surface area is 248 Å². The van der Waals surface area contributed by atoms with Crippen molar-refractivity contribution < 1.29 is 28.2 Å². The standard InChI is InChI=1S/C33H40O6SSi/c1-23(34)36-30-29-28(38-33(5,6)39-29)27(37-31(30)40-24-16-10-7-11-17-24)22-35-41(32(2,3)4,25-18-12-8-13-19-25)26-20-14-9-15-21-26/h7-21,27-31H,22H2,1-6H3/t27-,28+,29+,30-,31+/m1/s1. The summed E-state index contributed by atoms with van der Waals surface area (Å²) in [6.07, 6.45) is -2.07. The first-order chi connectivity index (χ1) is 19.5. The molecule has 0 bridgehead atoms. The van der Waals surface area contributed by atoms with Crippen LogP contribution in [0.15, 0.2) is 95.9 Å². The first kappa shape index (κ1) is 30.0. The predicted octanol–water partition coefficient (Wildman–Crippen LogP) is 5.53. The molecule has 2 fully saturated rings. The van der Waals surface area contributed by atoms with Crippen LogP contribution in [-0.2, 0) is 28.2 Å². The van der Waals surface area contributed by atoms with E-state index in [9.17, 15) is 4.79 Å². The Bertz CT molecular complexity index is 1260. The van der Waals surface area contributed by atoms with Crippen molar-refractivity contribution in [3.05, 3.63) is 91.0 Å². The van der Waals surface area contributed by atoms with E-state index in [1.54, 1.807) is 0 Å². The van der Waals surface area contributed by atoms with Crippen molar-refractivity contribution in [1.29, 1.82) is 0 Å². The lowest BCUT2D eigenvalue weighted by atomic mass is 10.0. The number of hydrogen-bond donors (Lipinski definition) is 0. The number of rotatable bonds is 8. The Balaban J connectivity index is 1.52. The summed E-state index contributed by atoms with van der Waals surface area (Å²) in [4.78, 5) is 13.2. The molecule has 41 heavy (non-hydrogen) atoms. The maximum atomic E-state index is 12.2. The van der Waals surface area contributed by atoms with Gasteiger partial charge in [-0.15, -0.1) is 0 Å². The second-order valence-corrected chi connectivity index (χ2v) is 17.6. The number of fused-ring (bicyclic) bond motifs is 1. The summed E-state index contributed by atoms with van der Waals surface area (Å²) < 4.78 is 32.7. The van der Waals surface area contributed by atoms with Gasteiger partial charge < -0.3 is 23.4 Å². The largest absolute Gasteiger partial charge is 0.456 e. The summed E-state index contributed by atoms with van der Waals surface area (Å²) in [6.45, 7) is 12.3. The lowest BCUT2D eigenvalue weighted by Gasteiger charge is -2.46. The molecule has 5 atom stereocenters. The van der Waals surface area contributed by atoms with Crippen molar-refractivity contribution in [3.8, 4) is 0 Å². The maximum Gasteiger partial charge on any atom is 0.303 e. The van der Waals surface area contributed by atoms with Gasteiger partial charge >= 0.3 is 5.97 Å². The van der Waals surface area contributed by atoms with Gasteiger partial charge in [-0.1, -0.05) is 111 Å². The number of thioether (sulfide) groups is 1. The summed E-state index contributed by atoms with van der Waals surface area (Å²) >= 11 is 1.52. The quantitative estimate of drug-likeness (QED) is 0.252. The van der Waals surface area contributed by atoms with E-state index in [-0.39, 0.29) is 11.0 Å². The Morgan fingerprint density at radius 2 is 1.37 bits per heavy atom. The first-order valence-electron chi connectivity index (χ1n) is 14.2. The number of benzene rings is 3. The Morgan fingerprint density at radius 1 is 0.854 bits per heavy atom. The van der Waals surface area contributed by atoms with Crippen LogP contribution in [0.1, 0.15) is 41.5 Å². The van der Waals surface area contributed by atoms with Gasteiger partial charge in [-0.3, -0.25) is 4.79 Å². The molecular weight excluding hydrogens is 553 g/mol. The fourth-order valence-corrected chi connectivity index (χ4v) is 11.7. The topological polar surface area (TPSA) is 63.2 Å². The van der Waals surface area contributed by atoms with Crippen LogP contribution in [0.2, 0.25) is 5.04 Å². The van der Waals surface area contributed by atoms with E-state index in [4.69, 9.17) is 23.4 Å². The number of hydrogen-bond acceptors (Lipinski definition) is 7. The molecule has 8 heteroatoms. The molecule has 0 unspecified atom stereocenters. The molecule has 218 valence electrons. The highest BCUT2D eigenvalue weighted by Gasteiger charge is 2.58. The predicted molar refractivity (Wildman–Crippen MR) is 164 cm³/mol. The van der Waals surface area contributed by atoms with Crippen LogP contribution in [0.25, 0.3) is 0 Å². The normalized spacial score (nSPS) is 25.9. The number of carbonyl (C=O) groups excluding carboxylic acids is 1. The minimum atomic E-state index is -2.82. The SMILES string of the molecule is CC(=O)O[C@@H]1[C@H]2OC(C)(C)O[C@H]2[C@@H](CO[Si](c2ccccc2)(c2ccccc2)C(C)(C)C)O[C@H]1Sc1ccccc1. The lowest BCUT2D eigenvalue weighted by Crippen LogP contribution is -2.68. The minimum Gasteiger partial charge on any atom is -0.456 e. The Kier molecular flexibility index (Phi) is 8.81. The van der Waals surface area contributed by atoms with Gasteiger partial charge in [0.1, 0.15) is 23.7 Å². The molecular formula is C33H40O6SSi. The summed E-state index contributed by atoms with van der Waals surface area (Å²) in [5.74, 6) is -1.25. The summed E-state index contributed by atoms with van der Waals surface area (Å²) in [7, 11) is -2.82. The second kappa shape index (κ2) is 12.0. The molecule has 0 N–H and O–H groups in total. The fourth-order valence-electron chi connectivity index (χ4n) is 5.99. The minimum absolute atomic E-state index is 0.186. The summed E-state index contributed by atoms with van der Waals surface area (Å²) in [5.41, 5.74) is -0.507. The Hall–Kier alpha value is -2.46. The van der Waals surface area contributed by atoms with Gasteiger partial charge in [-0.05, 0) is 41.4 Å². The van der Waals surface area contributed by atoms with Crippen LogP contribution in [0.4, 0.5) is 0 Å². The highest BCUT2D eigenvalue weighted by atomic mass is 32.2. The molecule has 2 saturated heterocycles. The van der Waals surface area contributed by atoms with Crippen molar-refractivity contribution in [2.75, 3.05) is 6.61 Å². The molecule has 0 aliphatic carbocycles. The number of ether oxygens (including phenoxy) is 4. The first-order valence-corrected chi connectivity index (χ1v) is 16.9. The number of carbonyl (C=O) groups is 1. The molecule has 2 aliphatic heterocycles. The van der Waals surface area contributed by atoms with Gasteiger partial charge in [0.15, 0.2) is 11.9 Å². The number of esters is 1. The molecule has 5 rings (SSSR count). The average Bonchev–Trinajstić information content (AvgIpc) is 3.27. The zero-order valence-electron chi connectivity index (χ0n) is 24.6. The monoisotopic (exact) mass is 592 g/mol. The van der Waals surface area contributed by atoms with Crippen LogP contribution in [-0.4, -0.2) is 56.5 Å². The van der Waals surface area contributed by atoms with Gasteiger partial charge in [-0.25, -0.2) is 0 Å². The third-order valence-electron chi connectivity index (χ3n) is 7.61. The van der Waals surface area contributed by atoms with Gasteiger partial charge in [0.2, 0.25) is 0 Å². The molecule has 0 spiro atoms. The fraction of sp³-hybridized carbons (Fsp3) is 0.424. The average molecular weight is 593 g/mol. The summed E-state index contributed by atoms with van der Waals surface area (Å²) in [6, 6.07) is 31.1. The van der Waals surface area contributed by atoms with Crippen molar-refractivity contribution >= 4 is 36.4 Å². The van der Waals surface area contributed by atoms with Crippen molar-refractivity contribution in [3.63, 3.8) is 0 Å². The van der Waals surface area contributed by atoms with Gasteiger partial charge in [-0.2, -0.15) is 0 Å². The summed E-state index contributed by atoms with van der Waals surface area (Å²) in [5, 5.41) is 2.21. The van der Waals surface area contributed by atoms with Crippen LogP contribution >= 0.6 is 11.8 Å². The van der Waals surface area contributed by atoms with E-state index < -0.39 is 44.0 Å². The highest BCUT2D eigenvalue weighted by Crippen LogP contribution is 2.44. The lowest BCUT2D eigenvalue weighted by molar-refractivity contribution is -0.191. The zero-order chi connectivity index (χ0) is 29.3. The van der Waals surface area contributed by atoms with Gasteiger partial charge in [0.25, 0.3) is 8.32 Å². The highest BCUT2D eigenvalue weighted by molar-refractivity contribution is 7.99. The third kappa shape index (κ3) is 6.33. The third-order valence-corrected chi connectivity index (χ3v) is 13.8. The van der Waals surface area contributed by atoms with Crippen molar-refractivity contribution in [2.45, 2.75) is 87.1 Å². The zero-order valence-corrected chi connectivity index (χ0v) is 26.4. The molecule has 0 amide bonds. The molecule has 6 nitrogen and oxygen atoms in total. The molecule has 0 radical (unpaired) electrons. The van der Waals surface area contributed by atoms with Gasteiger partial charge in [0, 0.05) is 11.8 Å². The van der Waals surface area contributed by atoms with E-state index in [2.05, 4.69) is 69.3 Å². The van der Waals surface area contributed by atoms with E-state index in [1.165, 1.54) is 29.1 Å². The van der Waals surface area contributed by atoms with Crippen molar-refractivity contribution in [1.82, 2.24) is 0 Å². The molecule has 2 aliphatic rings. The van der Waals surface area contributed by atoms with Crippen LogP contribution in [0.5, 0.6) is 0 Å². The van der Waals surface area contributed by atoms with E-state index in [1.807, 2.05) is 56.3 Å². The molecule has 0 aromatic heterocycles. The van der Waals surface area contributed by atoms with Gasteiger partial charge in [0.05, 0.1) is 6.61 Å². The Morgan fingerprint density at radius 3 is 1.88 bits per heavy atom. The molecule has 0 saturated carbocycles. The molecule has 2 heterocycles. The van der Waals surface area contributed by atoms with Crippen LogP contribution < -0.4 is 10.4 Å². The molecule has 3 aromatic carbocycles. The van der Waals surface area contributed by atoms with Crippen molar-refractivity contribution in [2.24, 2.45) is 0 Å². The second-order valence-electron chi connectivity index (χ2n) is 12.1. The maximum absolute atomic E-state index is 12.2. The van der Waals surface area contributed by atoms with Crippen LogP contribution in [0.3, 0.4) is 0 Å². The van der Waals surface area contributed by atoms with Crippen LogP contribution in [0, 0.1) is 0 Å². The van der Waals surface area contributed by atoms with E-state index >= 15 is 0 Å². The smallest absolute Gasteiger partial charge is 0.303 e. The van der Waals surface area contributed by atoms with E-state index in [0.717, 1.165) is 4.90 Å². The van der Waals surface area contributed by atoms with E-state index in [0.29, 0.717) is 6.61 Å². The molecule has 3 aromatic rings.